The zero-order valence-corrected chi connectivity index (χ0v) is 12.9. The first-order valence-electron chi connectivity index (χ1n) is 7.25. The van der Waals surface area contributed by atoms with Crippen LogP contribution >= 0.6 is 0 Å². The lowest BCUT2D eigenvalue weighted by molar-refractivity contribution is 0.333. The summed E-state index contributed by atoms with van der Waals surface area (Å²) in [6, 6.07) is 3.92. The predicted octanol–water partition coefficient (Wildman–Crippen LogP) is 1.94. The molecule has 20 heavy (non-hydrogen) atoms. The Hall–Kier alpha value is -0.910. The molecule has 0 aromatic heterocycles. The minimum atomic E-state index is -3.37. The van der Waals surface area contributed by atoms with Crippen molar-refractivity contribution in [3.8, 4) is 0 Å². The van der Waals surface area contributed by atoms with Crippen LogP contribution in [0.4, 0.5) is 0 Å². The molecule has 0 amide bonds. The number of fused-ring (bicyclic) bond motifs is 2. The van der Waals surface area contributed by atoms with Gasteiger partial charge in [-0.1, -0.05) is 6.07 Å². The maximum atomic E-state index is 12.9. The number of rotatable bonds is 3. The molecule has 1 saturated heterocycles. The fraction of sp³-hybridized carbons (Fsp3) is 0.600. The SMILES string of the molecule is Cc1cc(C)c(S(=O)(=O)N2CC3CCC2C3)cc1CN. The van der Waals surface area contributed by atoms with E-state index in [2.05, 4.69) is 0 Å². The van der Waals surface area contributed by atoms with Crippen molar-refractivity contribution < 1.29 is 8.42 Å². The number of benzene rings is 1. The predicted molar refractivity (Wildman–Crippen MR) is 78.8 cm³/mol. The molecule has 2 N–H and O–H groups in total. The summed E-state index contributed by atoms with van der Waals surface area (Å²) in [6.07, 6.45) is 3.23. The fourth-order valence-corrected chi connectivity index (χ4v) is 5.67. The summed E-state index contributed by atoms with van der Waals surface area (Å²) in [5.41, 5.74) is 8.52. The summed E-state index contributed by atoms with van der Waals surface area (Å²) in [5, 5.41) is 0. The van der Waals surface area contributed by atoms with Crippen LogP contribution in [-0.4, -0.2) is 25.3 Å². The van der Waals surface area contributed by atoms with Gasteiger partial charge >= 0.3 is 0 Å². The minimum Gasteiger partial charge on any atom is -0.326 e. The maximum Gasteiger partial charge on any atom is 0.243 e. The van der Waals surface area contributed by atoms with E-state index in [0.717, 1.165) is 29.5 Å². The minimum absolute atomic E-state index is 0.215. The Kier molecular flexibility index (Phi) is 3.39. The normalized spacial score (nSPS) is 26.4. The van der Waals surface area contributed by atoms with Gasteiger partial charge in [0.1, 0.15) is 0 Å². The monoisotopic (exact) mass is 294 g/mol. The lowest BCUT2D eigenvalue weighted by atomic mass is 10.1. The van der Waals surface area contributed by atoms with E-state index in [4.69, 9.17) is 5.73 Å². The van der Waals surface area contributed by atoms with Gasteiger partial charge in [0.05, 0.1) is 4.90 Å². The number of aryl methyl sites for hydroxylation is 2. The van der Waals surface area contributed by atoms with Gasteiger partial charge in [0, 0.05) is 19.1 Å². The van der Waals surface area contributed by atoms with Crippen molar-refractivity contribution in [2.24, 2.45) is 11.7 Å². The van der Waals surface area contributed by atoms with Crippen LogP contribution in [0, 0.1) is 19.8 Å². The molecule has 4 nitrogen and oxygen atoms in total. The first kappa shape index (κ1) is 14.0. The molecule has 3 rings (SSSR count). The Bertz CT molecular complexity index is 640. The summed E-state index contributed by atoms with van der Waals surface area (Å²) in [5.74, 6) is 0.564. The average molecular weight is 294 g/mol. The van der Waals surface area contributed by atoms with E-state index >= 15 is 0 Å². The van der Waals surface area contributed by atoms with Crippen molar-refractivity contribution in [3.05, 3.63) is 28.8 Å². The van der Waals surface area contributed by atoms with Crippen molar-refractivity contribution in [1.29, 1.82) is 0 Å². The molecule has 2 bridgehead atoms. The first-order valence-corrected chi connectivity index (χ1v) is 8.69. The van der Waals surface area contributed by atoms with Gasteiger partial charge in [-0.25, -0.2) is 8.42 Å². The van der Waals surface area contributed by atoms with E-state index in [1.165, 1.54) is 6.42 Å². The molecule has 1 saturated carbocycles. The fourth-order valence-electron chi connectivity index (χ4n) is 3.67. The molecule has 1 aliphatic heterocycles. The molecule has 2 unspecified atom stereocenters. The smallest absolute Gasteiger partial charge is 0.243 e. The van der Waals surface area contributed by atoms with Gasteiger partial charge < -0.3 is 5.73 Å². The summed E-state index contributed by atoms with van der Waals surface area (Å²) in [4.78, 5) is 0.441. The molecular formula is C15H22N2O2S. The Morgan fingerprint density at radius 2 is 2.00 bits per heavy atom. The van der Waals surface area contributed by atoms with Gasteiger partial charge in [-0.3, -0.25) is 0 Å². The lowest BCUT2D eigenvalue weighted by Gasteiger charge is -2.27. The Morgan fingerprint density at radius 3 is 2.55 bits per heavy atom. The number of nitrogens with zero attached hydrogens (tertiary/aromatic N) is 1. The van der Waals surface area contributed by atoms with Crippen LogP contribution in [0.2, 0.25) is 0 Å². The second-order valence-corrected chi connectivity index (χ2v) is 8.01. The standard InChI is InChI=1S/C15H22N2O2S/c1-10-5-11(2)15(7-13(10)8-16)20(18,19)17-9-12-3-4-14(17)6-12/h5,7,12,14H,3-4,6,8-9,16H2,1-2H3. The molecule has 0 spiro atoms. The third-order valence-corrected chi connectivity index (χ3v) is 6.86. The molecular weight excluding hydrogens is 272 g/mol. The van der Waals surface area contributed by atoms with E-state index in [1.54, 1.807) is 10.4 Å². The van der Waals surface area contributed by atoms with E-state index in [9.17, 15) is 8.42 Å². The largest absolute Gasteiger partial charge is 0.326 e. The molecule has 1 aromatic carbocycles. The highest BCUT2D eigenvalue weighted by atomic mass is 32.2. The second kappa shape index (κ2) is 4.83. The van der Waals surface area contributed by atoms with Crippen LogP contribution in [0.25, 0.3) is 0 Å². The summed E-state index contributed by atoms with van der Waals surface area (Å²) in [7, 11) is -3.37. The number of nitrogens with two attached hydrogens (primary N) is 1. The highest BCUT2D eigenvalue weighted by Crippen LogP contribution is 2.41. The van der Waals surface area contributed by atoms with Gasteiger partial charge in [0.25, 0.3) is 0 Å². The van der Waals surface area contributed by atoms with Gasteiger partial charge in [0.2, 0.25) is 10.0 Å². The molecule has 1 aliphatic carbocycles. The van der Waals surface area contributed by atoms with E-state index in [-0.39, 0.29) is 6.04 Å². The Morgan fingerprint density at radius 1 is 1.25 bits per heavy atom. The summed E-state index contributed by atoms with van der Waals surface area (Å²) < 4.78 is 27.5. The van der Waals surface area contributed by atoms with Crippen LogP contribution in [0.3, 0.4) is 0 Å². The van der Waals surface area contributed by atoms with Gasteiger partial charge in [-0.05, 0) is 61.8 Å². The molecule has 2 aliphatic rings. The molecule has 5 heteroatoms. The van der Waals surface area contributed by atoms with Gasteiger partial charge in [-0.15, -0.1) is 0 Å². The number of hydrogen-bond donors (Lipinski definition) is 1. The van der Waals surface area contributed by atoms with Crippen LogP contribution in [0.15, 0.2) is 17.0 Å². The van der Waals surface area contributed by atoms with Crippen molar-refractivity contribution in [3.63, 3.8) is 0 Å². The van der Waals surface area contributed by atoms with E-state index < -0.39 is 10.0 Å². The topological polar surface area (TPSA) is 63.4 Å². The average Bonchev–Trinajstić information content (AvgIpc) is 3.01. The van der Waals surface area contributed by atoms with Crippen LogP contribution in [0.1, 0.15) is 36.0 Å². The number of sulfonamides is 1. The van der Waals surface area contributed by atoms with Crippen molar-refractivity contribution in [2.75, 3.05) is 6.54 Å². The molecule has 110 valence electrons. The van der Waals surface area contributed by atoms with Crippen molar-refractivity contribution >= 4 is 10.0 Å². The Labute approximate surface area is 121 Å². The van der Waals surface area contributed by atoms with Gasteiger partial charge in [0.15, 0.2) is 0 Å². The van der Waals surface area contributed by atoms with E-state index in [0.29, 0.717) is 23.9 Å². The van der Waals surface area contributed by atoms with Crippen LogP contribution < -0.4 is 5.73 Å². The first-order chi connectivity index (χ1) is 9.43. The van der Waals surface area contributed by atoms with Crippen molar-refractivity contribution in [2.45, 2.75) is 50.6 Å². The molecule has 1 aromatic rings. The highest BCUT2D eigenvalue weighted by molar-refractivity contribution is 7.89. The van der Waals surface area contributed by atoms with Crippen LogP contribution in [-0.2, 0) is 16.6 Å². The summed E-state index contributed by atoms with van der Waals surface area (Å²) in [6.45, 7) is 4.91. The summed E-state index contributed by atoms with van der Waals surface area (Å²) >= 11 is 0. The van der Waals surface area contributed by atoms with E-state index in [1.807, 2.05) is 19.9 Å². The second-order valence-electron chi connectivity index (χ2n) is 6.16. The number of piperidine rings is 1. The molecule has 0 radical (unpaired) electrons. The van der Waals surface area contributed by atoms with Crippen LogP contribution in [0.5, 0.6) is 0 Å². The Balaban J connectivity index is 2.03. The third-order valence-electron chi connectivity index (χ3n) is 4.80. The van der Waals surface area contributed by atoms with Crippen molar-refractivity contribution in [1.82, 2.24) is 4.31 Å². The highest BCUT2D eigenvalue weighted by Gasteiger charge is 2.44. The quantitative estimate of drug-likeness (QED) is 0.926. The maximum absolute atomic E-state index is 12.9. The number of hydrogen-bond acceptors (Lipinski definition) is 3. The third kappa shape index (κ3) is 2.08. The molecule has 2 atom stereocenters. The molecule has 1 heterocycles. The zero-order valence-electron chi connectivity index (χ0n) is 12.1. The molecule has 2 fully saturated rings. The zero-order chi connectivity index (χ0) is 14.5. The van der Waals surface area contributed by atoms with Gasteiger partial charge in [-0.2, -0.15) is 4.31 Å². The lowest BCUT2D eigenvalue weighted by Crippen LogP contribution is -2.38.